The van der Waals surface area contributed by atoms with E-state index < -0.39 is 10.0 Å². The number of hydrogen-bond donors (Lipinski definition) is 2. The maximum Gasteiger partial charge on any atom is 0.255 e. The Morgan fingerprint density at radius 3 is 2.38 bits per heavy atom. The van der Waals surface area contributed by atoms with Gasteiger partial charge in [-0.25, -0.2) is 13.6 Å². The number of sulfonamides is 1. The average molecular weight is 304 g/mol. The fourth-order valence-corrected chi connectivity index (χ4v) is 2.56. The molecule has 1 amide bonds. The first-order valence-corrected chi connectivity index (χ1v) is 8.02. The zero-order valence-corrected chi connectivity index (χ0v) is 12.4. The second-order valence-electron chi connectivity index (χ2n) is 4.83. The van der Waals surface area contributed by atoms with Crippen molar-refractivity contribution < 1.29 is 13.2 Å². The second kappa shape index (κ2) is 6.07. The van der Waals surface area contributed by atoms with Crippen molar-refractivity contribution in [3.8, 4) is 0 Å². The van der Waals surface area contributed by atoms with Crippen LogP contribution >= 0.6 is 0 Å². The minimum atomic E-state index is -3.55. The Morgan fingerprint density at radius 2 is 1.81 bits per heavy atom. The Balaban J connectivity index is 2.08. The zero-order chi connectivity index (χ0) is 15.5. The van der Waals surface area contributed by atoms with Crippen LogP contribution in [0.4, 0.5) is 5.69 Å². The summed E-state index contributed by atoms with van der Waals surface area (Å²) in [5.41, 5.74) is 2.75. The monoisotopic (exact) mass is 304 g/mol. The third-order valence-electron chi connectivity index (χ3n) is 2.86. The van der Waals surface area contributed by atoms with Gasteiger partial charge < -0.3 is 5.32 Å². The molecule has 0 unspecified atom stereocenters. The summed E-state index contributed by atoms with van der Waals surface area (Å²) < 4.78 is 22.0. The van der Waals surface area contributed by atoms with Gasteiger partial charge in [0.15, 0.2) is 0 Å². The Labute approximate surface area is 123 Å². The number of aryl methyl sites for hydroxylation is 1. The van der Waals surface area contributed by atoms with Crippen molar-refractivity contribution in [1.29, 1.82) is 0 Å². The van der Waals surface area contributed by atoms with Crippen LogP contribution in [0.25, 0.3) is 0 Å². The Hall–Kier alpha value is -2.18. The molecule has 0 saturated carbocycles. The molecule has 3 N–H and O–H groups in total. The fraction of sp³-hybridized carbons (Fsp3) is 0.133. The number of hydrogen-bond acceptors (Lipinski definition) is 3. The lowest BCUT2D eigenvalue weighted by Crippen LogP contribution is -2.15. The average Bonchev–Trinajstić information content (AvgIpc) is 2.39. The van der Waals surface area contributed by atoms with Gasteiger partial charge in [-0.15, -0.1) is 0 Å². The van der Waals surface area contributed by atoms with Crippen LogP contribution in [0.3, 0.4) is 0 Å². The molecular formula is C15H16N2O3S. The van der Waals surface area contributed by atoms with E-state index in [1.807, 2.05) is 19.1 Å². The SMILES string of the molecule is Cc1cccc(C(=O)Nc2ccc(CS(N)(=O)=O)cc2)c1. The lowest BCUT2D eigenvalue weighted by Gasteiger charge is -2.07. The molecule has 0 aliphatic heterocycles. The molecule has 110 valence electrons. The maximum absolute atomic E-state index is 12.1. The number of nitrogens with one attached hydrogen (secondary N) is 1. The van der Waals surface area contributed by atoms with Crippen molar-refractivity contribution in [3.63, 3.8) is 0 Å². The lowest BCUT2D eigenvalue weighted by atomic mass is 10.1. The smallest absolute Gasteiger partial charge is 0.255 e. The number of rotatable bonds is 4. The van der Waals surface area contributed by atoms with E-state index in [0.29, 0.717) is 16.8 Å². The number of amides is 1. The summed E-state index contributed by atoms with van der Waals surface area (Å²) in [4.78, 5) is 12.1. The van der Waals surface area contributed by atoms with E-state index in [4.69, 9.17) is 5.14 Å². The molecule has 5 nitrogen and oxygen atoms in total. The number of carbonyl (C=O) groups is 1. The molecule has 2 aromatic rings. The molecule has 0 aromatic heterocycles. The van der Waals surface area contributed by atoms with Crippen LogP contribution in [-0.2, 0) is 15.8 Å². The molecule has 2 aromatic carbocycles. The van der Waals surface area contributed by atoms with Crippen molar-refractivity contribution >= 4 is 21.6 Å². The highest BCUT2D eigenvalue weighted by Gasteiger charge is 2.07. The van der Waals surface area contributed by atoms with Gasteiger partial charge in [0, 0.05) is 11.3 Å². The molecular weight excluding hydrogens is 288 g/mol. The quantitative estimate of drug-likeness (QED) is 0.905. The molecule has 0 aliphatic rings. The van der Waals surface area contributed by atoms with Gasteiger partial charge in [-0.05, 0) is 36.8 Å². The molecule has 21 heavy (non-hydrogen) atoms. The summed E-state index contributed by atoms with van der Waals surface area (Å²) in [5.74, 6) is -0.433. The van der Waals surface area contributed by atoms with Crippen LogP contribution in [0.2, 0.25) is 0 Å². The fourth-order valence-electron chi connectivity index (χ4n) is 1.91. The molecule has 0 heterocycles. The van der Waals surface area contributed by atoms with Crippen LogP contribution < -0.4 is 10.5 Å². The van der Waals surface area contributed by atoms with E-state index >= 15 is 0 Å². The minimum absolute atomic E-state index is 0.210. The van der Waals surface area contributed by atoms with Crippen molar-refractivity contribution in [2.75, 3.05) is 5.32 Å². The van der Waals surface area contributed by atoms with Crippen molar-refractivity contribution in [3.05, 3.63) is 65.2 Å². The van der Waals surface area contributed by atoms with Gasteiger partial charge in [0.2, 0.25) is 10.0 Å². The van der Waals surface area contributed by atoms with Crippen molar-refractivity contribution in [2.45, 2.75) is 12.7 Å². The molecule has 0 atom stereocenters. The molecule has 0 fully saturated rings. The second-order valence-corrected chi connectivity index (χ2v) is 6.44. The van der Waals surface area contributed by atoms with Gasteiger partial charge in [0.1, 0.15) is 0 Å². The summed E-state index contributed by atoms with van der Waals surface area (Å²) in [5, 5.41) is 7.73. The first-order valence-electron chi connectivity index (χ1n) is 6.31. The Bertz CT molecular complexity index is 753. The molecule has 0 aliphatic carbocycles. The summed E-state index contributed by atoms with van der Waals surface area (Å²) in [6, 6.07) is 13.8. The third kappa shape index (κ3) is 4.70. The van der Waals surface area contributed by atoms with Crippen LogP contribution in [0.15, 0.2) is 48.5 Å². The standard InChI is InChI=1S/C15H16N2O3S/c1-11-3-2-4-13(9-11)15(18)17-14-7-5-12(6-8-14)10-21(16,19)20/h2-9H,10H2,1H3,(H,17,18)(H2,16,19,20). The van der Waals surface area contributed by atoms with E-state index in [-0.39, 0.29) is 11.7 Å². The van der Waals surface area contributed by atoms with Crippen molar-refractivity contribution in [2.24, 2.45) is 5.14 Å². The number of anilines is 1. The van der Waals surface area contributed by atoms with Gasteiger partial charge in [-0.3, -0.25) is 4.79 Å². The number of carbonyl (C=O) groups excluding carboxylic acids is 1. The molecule has 6 heteroatoms. The summed E-state index contributed by atoms with van der Waals surface area (Å²) in [7, 11) is -3.55. The molecule has 0 bridgehead atoms. The Kier molecular flexibility index (Phi) is 4.40. The van der Waals surface area contributed by atoms with Gasteiger partial charge in [0.25, 0.3) is 5.91 Å². The topological polar surface area (TPSA) is 89.3 Å². The van der Waals surface area contributed by atoms with E-state index in [2.05, 4.69) is 5.32 Å². The van der Waals surface area contributed by atoms with Crippen LogP contribution in [0.1, 0.15) is 21.5 Å². The number of primary sulfonamides is 1. The first-order chi connectivity index (χ1) is 9.83. The molecule has 0 spiro atoms. The van der Waals surface area contributed by atoms with Crippen LogP contribution in [0, 0.1) is 6.92 Å². The highest BCUT2D eigenvalue weighted by molar-refractivity contribution is 7.88. The normalized spacial score (nSPS) is 11.1. The summed E-state index contributed by atoms with van der Waals surface area (Å²) in [6.07, 6.45) is 0. The van der Waals surface area contributed by atoms with E-state index in [1.165, 1.54) is 0 Å². The van der Waals surface area contributed by atoms with E-state index in [1.54, 1.807) is 36.4 Å². The Morgan fingerprint density at radius 1 is 1.14 bits per heavy atom. The lowest BCUT2D eigenvalue weighted by molar-refractivity contribution is 0.102. The number of benzene rings is 2. The third-order valence-corrected chi connectivity index (χ3v) is 3.60. The molecule has 0 saturated heterocycles. The maximum atomic E-state index is 12.1. The number of nitrogens with two attached hydrogens (primary N) is 1. The van der Waals surface area contributed by atoms with E-state index in [9.17, 15) is 13.2 Å². The van der Waals surface area contributed by atoms with Gasteiger partial charge in [-0.1, -0.05) is 29.8 Å². The highest BCUT2D eigenvalue weighted by Crippen LogP contribution is 2.13. The predicted molar refractivity (Wildman–Crippen MR) is 82.4 cm³/mol. The summed E-state index contributed by atoms with van der Waals surface area (Å²) >= 11 is 0. The van der Waals surface area contributed by atoms with Crippen LogP contribution in [0.5, 0.6) is 0 Å². The minimum Gasteiger partial charge on any atom is -0.322 e. The van der Waals surface area contributed by atoms with Gasteiger partial charge in [0.05, 0.1) is 5.75 Å². The predicted octanol–water partition coefficient (Wildman–Crippen LogP) is 2.04. The van der Waals surface area contributed by atoms with E-state index in [0.717, 1.165) is 5.56 Å². The molecule has 0 radical (unpaired) electrons. The van der Waals surface area contributed by atoms with Crippen molar-refractivity contribution in [1.82, 2.24) is 0 Å². The van der Waals surface area contributed by atoms with Crippen LogP contribution in [-0.4, -0.2) is 14.3 Å². The van der Waals surface area contributed by atoms with Gasteiger partial charge >= 0.3 is 0 Å². The highest BCUT2D eigenvalue weighted by atomic mass is 32.2. The largest absolute Gasteiger partial charge is 0.322 e. The van der Waals surface area contributed by atoms with Gasteiger partial charge in [-0.2, -0.15) is 0 Å². The summed E-state index contributed by atoms with van der Waals surface area (Å²) in [6.45, 7) is 1.92. The zero-order valence-electron chi connectivity index (χ0n) is 11.5. The first kappa shape index (κ1) is 15.2. The molecule has 2 rings (SSSR count).